The number of hydrogen-bond donors (Lipinski definition) is 1. The quantitative estimate of drug-likeness (QED) is 0.820. The lowest BCUT2D eigenvalue weighted by molar-refractivity contribution is 0.487. The number of benzene rings is 1. The number of nitrogens with two attached hydrogens (primary N) is 1. The molecule has 0 saturated heterocycles. The van der Waals surface area contributed by atoms with Gasteiger partial charge in [0.05, 0.1) is 5.75 Å². The number of hydrogen-bond acceptors (Lipinski definition) is 4. The number of thioether (sulfide) groups is 1. The molecule has 1 rings (SSSR count). The molecule has 0 aliphatic heterocycles. The van der Waals surface area contributed by atoms with E-state index in [4.69, 9.17) is 5.73 Å². The zero-order chi connectivity index (χ0) is 13.6. The number of rotatable bonds is 7. The predicted octanol–water partition coefficient (Wildman–Crippen LogP) is 1.27. The van der Waals surface area contributed by atoms with Crippen LogP contribution in [0.3, 0.4) is 0 Å². The monoisotopic (exact) mass is 288 g/mol. The lowest BCUT2D eigenvalue weighted by Gasteiger charge is -2.16. The number of nitrogens with zero attached hydrogens (tertiary/aromatic N) is 1. The van der Waals surface area contributed by atoms with Gasteiger partial charge in [0.1, 0.15) is 0 Å². The second-order valence-corrected chi connectivity index (χ2v) is 7.15. The minimum atomic E-state index is -3.22. The third-order valence-corrected chi connectivity index (χ3v) is 5.11. The second-order valence-electron chi connectivity index (χ2n) is 4.09. The second kappa shape index (κ2) is 7.13. The SMILES string of the molecule is CSCCN(C)S(=O)(=O)Cc1ccc(CN)cc1. The highest BCUT2D eigenvalue weighted by Crippen LogP contribution is 2.11. The van der Waals surface area contributed by atoms with Crippen LogP contribution in [0.5, 0.6) is 0 Å². The average molecular weight is 288 g/mol. The first-order valence-electron chi connectivity index (χ1n) is 5.70. The van der Waals surface area contributed by atoms with E-state index in [1.54, 1.807) is 18.8 Å². The summed E-state index contributed by atoms with van der Waals surface area (Å²) in [5.41, 5.74) is 7.30. The van der Waals surface area contributed by atoms with Crippen molar-refractivity contribution in [1.82, 2.24) is 4.31 Å². The normalized spacial score (nSPS) is 12.0. The Morgan fingerprint density at radius 1 is 1.22 bits per heavy atom. The van der Waals surface area contributed by atoms with Gasteiger partial charge in [0, 0.05) is 25.9 Å². The Labute approximate surface area is 114 Å². The highest BCUT2D eigenvalue weighted by atomic mass is 32.2. The Kier molecular flexibility index (Phi) is 6.14. The molecule has 0 aliphatic rings. The molecular weight excluding hydrogens is 268 g/mol. The average Bonchev–Trinajstić information content (AvgIpc) is 2.36. The van der Waals surface area contributed by atoms with Gasteiger partial charge >= 0.3 is 0 Å². The van der Waals surface area contributed by atoms with Crippen molar-refractivity contribution in [2.24, 2.45) is 5.73 Å². The summed E-state index contributed by atoms with van der Waals surface area (Å²) in [6.07, 6.45) is 1.96. The summed E-state index contributed by atoms with van der Waals surface area (Å²) in [7, 11) is -1.59. The van der Waals surface area contributed by atoms with E-state index in [1.807, 2.05) is 30.5 Å². The summed E-state index contributed by atoms with van der Waals surface area (Å²) in [5, 5.41) is 0. The molecule has 0 aromatic heterocycles. The molecule has 0 aliphatic carbocycles. The van der Waals surface area contributed by atoms with Gasteiger partial charge in [-0.25, -0.2) is 12.7 Å². The van der Waals surface area contributed by atoms with Crippen LogP contribution < -0.4 is 5.73 Å². The van der Waals surface area contributed by atoms with Gasteiger partial charge in [0.2, 0.25) is 10.0 Å². The lowest BCUT2D eigenvalue weighted by Crippen LogP contribution is -2.30. The minimum Gasteiger partial charge on any atom is -0.326 e. The molecule has 0 saturated carbocycles. The van der Waals surface area contributed by atoms with Crippen LogP contribution in [-0.2, 0) is 22.3 Å². The van der Waals surface area contributed by atoms with Crippen molar-refractivity contribution >= 4 is 21.8 Å². The van der Waals surface area contributed by atoms with Gasteiger partial charge in [-0.3, -0.25) is 0 Å². The summed E-state index contributed by atoms with van der Waals surface area (Å²) in [5.74, 6) is 0.852. The molecule has 6 heteroatoms. The van der Waals surface area contributed by atoms with E-state index in [0.29, 0.717) is 13.1 Å². The molecule has 1 aromatic rings. The topological polar surface area (TPSA) is 63.4 Å². The lowest BCUT2D eigenvalue weighted by atomic mass is 10.1. The van der Waals surface area contributed by atoms with Crippen LogP contribution in [0.4, 0.5) is 0 Å². The third kappa shape index (κ3) is 4.61. The summed E-state index contributed by atoms with van der Waals surface area (Å²) in [6, 6.07) is 7.38. The fourth-order valence-electron chi connectivity index (χ4n) is 1.45. The van der Waals surface area contributed by atoms with Gasteiger partial charge in [0.25, 0.3) is 0 Å². The van der Waals surface area contributed by atoms with E-state index in [9.17, 15) is 8.42 Å². The van der Waals surface area contributed by atoms with E-state index >= 15 is 0 Å². The molecule has 102 valence electrons. The zero-order valence-electron chi connectivity index (χ0n) is 10.8. The largest absolute Gasteiger partial charge is 0.326 e. The Morgan fingerprint density at radius 2 is 1.78 bits per heavy atom. The number of sulfonamides is 1. The summed E-state index contributed by atoms with van der Waals surface area (Å²) >= 11 is 1.64. The molecule has 2 N–H and O–H groups in total. The molecule has 18 heavy (non-hydrogen) atoms. The summed E-state index contributed by atoms with van der Waals surface area (Å²) < 4.78 is 25.5. The van der Waals surface area contributed by atoms with Crippen molar-refractivity contribution in [3.63, 3.8) is 0 Å². The van der Waals surface area contributed by atoms with E-state index in [0.717, 1.165) is 16.9 Å². The van der Waals surface area contributed by atoms with Crippen LogP contribution in [0.15, 0.2) is 24.3 Å². The molecule has 0 unspecified atom stereocenters. The maximum absolute atomic E-state index is 12.1. The minimum absolute atomic E-state index is 0.0444. The van der Waals surface area contributed by atoms with Crippen molar-refractivity contribution in [2.45, 2.75) is 12.3 Å². The van der Waals surface area contributed by atoms with Gasteiger partial charge in [0.15, 0.2) is 0 Å². The van der Waals surface area contributed by atoms with Crippen molar-refractivity contribution in [2.75, 3.05) is 25.6 Å². The first-order valence-corrected chi connectivity index (χ1v) is 8.70. The van der Waals surface area contributed by atoms with Crippen LogP contribution in [-0.4, -0.2) is 38.3 Å². The summed E-state index contributed by atoms with van der Waals surface area (Å²) in [4.78, 5) is 0. The van der Waals surface area contributed by atoms with E-state index < -0.39 is 10.0 Å². The first-order chi connectivity index (χ1) is 8.49. The van der Waals surface area contributed by atoms with Crippen LogP contribution in [0, 0.1) is 0 Å². The molecular formula is C12H20N2O2S2. The van der Waals surface area contributed by atoms with Crippen LogP contribution in [0.2, 0.25) is 0 Å². The third-order valence-electron chi connectivity index (χ3n) is 2.69. The Hall–Kier alpha value is -0.560. The Bertz CT molecular complexity index is 457. The standard InChI is InChI=1S/C12H20N2O2S2/c1-14(7-8-17-2)18(15,16)10-12-5-3-11(9-13)4-6-12/h3-6H,7-10,13H2,1-2H3. The molecule has 0 amide bonds. The van der Waals surface area contributed by atoms with Crippen molar-refractivity contribution < 1.29 is 8.42 Å². The molecule has 1 aromatic carbocycles. The molecule has 0 spiro atoms. The highest BCUT2D eigenvalue weighted by Gasteiger charge is 2.17. The van der Waals surface area contributed by atoms with E-state index in [1.165, 1.54) is 4.31 Å². The fraction of sp³-hybridized carbons (Fsp3) is 0.500. The molecule has 0 atom stereocenters. The Balaban J connectivity index is 2.69. The molecule has 0 fully saturated rings. The van der Waals surface area contributed by atoms with Gasteiger partial charge in [-0.1, -0.05) is 24.3 Å². The van der Waals surface area contributed by atoms with Gasteiger partial charge < -0.3 is 5.73 Å². The van der Waals surface area contributed by atoms with Crippen molar-refractivity contribution in [3.05, 3.63) is 35.4 Å². The maximum atomic E-state index is 12.1. The van der Waals surface area contributed by atoms with Crippen LogP contribution in [0.25, 0.3) is 0 Å². The van der Waals surface area contributed by atoms with Gasteiger partial charge in [-0.15, -0.1) is 0 Å². The highest BCUT2D eigenvalue weighted by molar-refractivity contribution is 7.98. The maximum Gasteiger partial charge on any atom is 0.218 e. The first kappa shape index (κ1) is 15.5. The Morgan fingerprint density at radius 3 is 2.28 bits per heavy atom. The molecule has 0 heterocycles. The smallest absolute Gasteiger partial charge is 0.218 e. The van der Waals surface area contributed by atoms with Crippen LogP contribution >= 0.6 is 11.8 Å². The fourth-order valence-corrected chi connectivity index (χ4v) is 3.23. The predicted molar refractivity (Wildman–Crippen MR) is 78.0 cm³/mol. The molecule has 4 nitrogen and oxygen atoms in total. The zero-order valence-corrected chi connectivity index (χ0v) is 12.4. The molecule has 0 radical (unpaired) electrons. The van der Waals surface area contributed by atoms with Gasteiger partial charge in [-0.05, 0) is 17.4 Å². The molecule has 0 bridgehead atoms. The van der Waals surface area contributed by atoms with E-state index in [-0.39, 0.29) is 5.75 Å². The van der Waals surface area contributed by atoms with Gasteiger partial charge in [-0.2, -0.15) is 11.8 Å². The van der Waals surface area contributed by atoms with Crippen LogP contribution in [0.1, 0.15) is 11.1 Å². The van der Waals surface area contributed by atoms with E-state index in [2.05, 4.69) is 0 Å². The van der Waals surface area contributed by atoms with Crippen molar-refractivity contribution in [1.29, 1.82) is 0 Å². The summed E-state index contributed by atoms with van der Waals surface area (Å²) in [6.45, 7) is 1.02. The van der Waals surface area contributed by atoms with Crippen molar-refractivity contribution in [3.8, 4) is 0 Å².